The van der Waals surface area contributed by atoms with Gasteiger partial charge in [-0.15, -0.1) is 0 Å². The largest absolute Gasteiger partial charge is 0.488 e. The van der Waals surface area contributed by atoms with E-state index in [4.69, 9.17) is 4.74 Å². The third kappa shape index (κ3) is 4.80. The van der Waals surface area contributed by atoms with E-state index in [1.54, 1.807) is 36.4 Å². The third-order valence-electron chi connectivity index (χ3n) is 4.91. The van der Waals surface area contributed by atoms with E-state index in [1.807, 2.05) is 0 Å². The van der Waals surface area contributed by atoms with E-state index in [1.165, 1.54) is 42.5 Å². The van der Waals surface area contributed by atoms with Crippen LogP contribution in [-0.4, -0.2) is 22.7 Å². The van der Waals surface area contributed by atoms with Crippen molar-refractivity contribution in [3.8, 4) is 5.75 Å². The molecule has 0 bridgehead atoms. The molecule has 1 heterocycles. The number of hydrogen-bond acceptors (Lipinski definition) is 5. The van der Waals surface area contributed by atoms with Crippen molar-refractivity contribution >= 4 is 29.1 Å². The van der Waals surface area contributed by atoms with Gasteiger partial charge >= 0.3 is 6.18 Å². The maximum atomic E-state index is 13.7. The van der Waals surface area contributed by atoms with Gasteiger partial charge in [-0.3, -0.25) is 14.9 Å². The Balaban J connectivity index is 1.63. The zero-order valence-electron chi connectivity index (χ0n) is 17.4. The number of hydrazone groups is 1. The van der Waals surface area contributed by atoms with Gasteiger partial charge in [-0.05, 0) is 42.0 Å². The summed E-state index contributed by atoms with van der Waals surface area (Å²) < 4.78 is 46.9. The van der Waals surface area contributed by atoms with Gasteiger partial charge in [0.25, 0.3) is 11.6 Å². The third-order valence-corrected chi connectivity index (χ3v) is 4.91. The number of nitro benzene ring substituents is 1. The fraction of sp³-hybridized carbons (Fsp3) is 0.0833. The Labute approximate surface area is 191 Å². The van der Waals surface area contributed by atoms with Gasteiger partial charge in [-0.2, -0.15) is 23.3 Å². The number of carbonyl (C=O) groups excluding carboxylic acids is 1. The molecule has 3 aromatic rings. The Bertz CT molecular complexity index is 1290. The van der Waals surface area contributed by atoms with Gasteiger partial charge in [0.2, 0.25) is 0 Å². The SMILES string of the molecule is O=C1/C(=C\c2ccccc2OCc2ccc([N+](=O)[O-])cc2)C(C(F)(F)F)=NN1c1ccccc1. The first kappa shape index (κ1) is 22.7. The molecule has 0 saturated carbocycles. The molecule has 0 aliphatic carbocycles. The number of hydrogen-bond donors (Lipinski definition) is 0. The average Bonchev–Trinajstić information content (AvgIpc) is 3.16. The number of ether oxygens (including phenoxy) is 1. The van der Waals surface area contributed by atoms with Crippen molar-refractivity contribution in [3.05, 3.63) is 106 Å². The molecular formula is C24H16F3N3O4. The van der Waals surface area contributed by atoms with E-state index in [0.29, 0.717) is 5.56 Å². The molecule has 0 unspecified atom stereocenters. The Morgan fingerprint density at radius 1 is 0.971 bits per heavy atom. The summed E-state index contributed by atoms with van der Waals surface area (Å²) in [5.41, 5.74) is -0.900. The van der Waals surface area contributed by atoms with Crippen LogP contribution in [0, 0.1) is 10.1 Å². The van der Waals surface area contributed by atoms with E-state index in [2.05, 4.69) is 5.10 Å². The molecular weight excluding hydrogens is 451 g/mol. The van der Waals surface area contributed by atoms with Crippen LogP contribution in [0.2, 0.25) is 0 Å². The molecule has 172 valence electrons. The smallest absolute Gasteiger partial charge is 0.435 e. The molecule has 1 amide bonds. The van der Waals surface area contributed by atoms with E-state index in [0.717, 1.165) is 11.1 Å². The maximum Gasteiger partial charge on any atom is 0.435 e. The van der Waals surface area contributed by atoms with Crippen LogP contribution in [0.25, 0.3) is 6.08 Å². The van der Waals surface area contributed by atoms with Gasteiger partial charge in [0.15, 0.2) is 5.71 Å². The van der Waals surface area contributed by atoms with E-state index in [-0.39, 0.29) is 29.3 Å². The number of amides is 1. The fourth-order valence-corrected chi connectivity index (χ4v) is 3.26. The van der Waals surface area contributed by atoms with Crippen molar-refractivity contribution in [1.82, 2.24) is 0 Å². The van der Waals surface area contributed by atoms with Crippen LogP contribution in [0.4, 0.5) is 24.5 Å². The molecule has 0 saturated heterocycles. The molecule has 0 aromatic heterocycles. The molecule has 4 rings (SSSR count). The number of non-ortho nitro benzene ring substituents is 1. The minimum atomic E-state index is -4.85. The fourth-order valence-electron chi connectivity index (χ4n) is 3.26. The first-order valence-electron chi connectivity index (χ1n) is 9.96. The van der Waals surface area contributed by atoms with Crippen molar-refractivity contribution in [2.45, 2.75) is 12.8 Å². The average molecular weight is 467 g/mol. The van der Waals surface area contributed by atoms with Crippen molar-refractivity contribution in [2.24, 2.45) is 5.10 Å². The second-order valence-electron chi connectivity index (χ2n) is 7.21. The topological polar surface area (TPSA) is 85.0 Å². The highest BCUT2D eigenvalue weighted by Crippen LogP contribution is 2.34. The summed E-state index contributed by atoms with van der Waals surface area (Å²) >= 11 is 0. The molecule has 10 heteroatoms. The van der Waals surface area contributed by atoms with Gasteiger partial charge in [0.05, 0.1) is 16.2 Å². The summed E-state index contributed by atoms with van der Waals surface area (Å²) in [4.78, 5) is 23.2. The summed E-state index contributed by atoms with van der Waals surface area (Å²) in [6.07, 6.45) is -3.75. The van der Waals surface area contributed by atoms with Crippen molar-refractivity contribution in [3.63, 3.8) is 0 Å². The number of benzene rings is 3. The first-order valence-corrected chi connectivity index (χ1v) is 9.96. The second-order valence-corrected chi connectivity index (χ2v) is 7.21. The zero-order chi connectivity index (χ0) is 24.3. The molecule has 1 aliphatic rings. The predicted octanol–water partition coefficient (Wildman–Crippen LogP) is 5.52. The van der Waals surface area contributed by atoms with Crippen molar-refractivity contribution < 1.29 is 27.6 Å². The van der Waals surface area contributed by atoms with E-state index in [9.17, 15) is 28.1 Å². The zero-order valence-corrected chi connectivity index (χ0v) is 17.4. The summed E-state index contributed by atoms with van der Waals surface area (Å²) in [5, 5.41) is 15.0. The van der Waals surface area contributed by atoms with Crippen LogP contribution >= 0.6 is 0 Å². The van der Waals surface area contributed by atoms with E-state index < -0.39 is 28.3 Å². The number of anilines is 1. The maximum absolute atomic E-state index is 13.7. The van der Waals surface area contributed by atoms with Gasteiger partial charge in [0.1, 0.15) is 12.4 Å². The normalized spacial score (nSPS) is 14.9. The lowest BCUT2D eigenvalue weighted by Gasteiger charge is -2.12. The quantitative estimate of drug-likeness (QED) is 0.271. The summed E-state index contributed by atoms with van der Waals surface area (Å²) in [5.74, 6) is -0.676. The van der Waals surface area contributed by atoms with Crippen molar-refractivity contribution in [1.29, 1.82) is 0 Å². The standard InChI is InChI=1S/C24H16F3N3O4/c25-24(26,27)22-20(23(31)29(28-22)18-7-2-1-3-8-18)14-17-6-4-5-9-21(17)34-15-16-10-12-19(13-11-16)30(32)33/h1-14H,15H2/b20-14-. The molecule has 0 atom stereocenters. The number of para-hydroxylation sites is 2. The monoisotopic (exact) mass is 467 g/mol. The Morgan fingerprint density at radius 2 is 1.62 bits per heavy atom. The summed E-state index contributed by atoms with van der Waals surface area (Å²) in [6.45, 7) is 0.0164. The molecule has 3 aromatic carbocycles. The molecule has 0 radical (unpaired) electrons. The number of nitro groups is 1. The lowest BCUT2D eigenvalue weighted by molar-refractivity contribution is -0.384. The minimum Gasteiger partial charge on any atom is -0.488 e. The number of halogens is 3. The lowest BCUT2D eigenvalue weighted by atomic mass is 10.1. The molecule has 1 aliphatic heterocycles. The molecule has 0 N–H and O–H groups in total. The highest BCUT2D eigenvalue weighted by atomic mass is 19.4. The summed E-state index contributed by atoms with van der Waals surface area (Å²) in [6, 6.07) is 19.8. The molecule has 7 nitrogen and oxygen atoms in total. The number of carbonyl (C=O) groups is 1. The minimum absolute atomic E-state index is 0.0164. The number of rotatable bonds is 6. The van der Waals surface area contributed by atoms with Crippen LogP contribution in [-0.2, 0) is 11.4 Å². The van der Waals surface area contributed by atoms with Crippen molar-refractivity contribution in [2.75, 3.05) is 5.01 Å². The highest BCUT2D eigenvalue weighted by molar-refractivity contribution is 6.34. The van der Waals surface area contributed by atoms with Gasteiger partial charge in [-0.25, -0.2) is 0 Å². The predicted molar refractivity (Wildman–Crippen MR) is 119 cm³/mol. The number of alkyl halides is 3. The Hall–Kier alpha value is -4.47. The van der Waals surface area contributed by atoms with E-state index >= 15 is 0 Å². The number of nitrogens with zero attached hydrogens (tertiary/aromatic N) is 3. The van der Waals surface area contributed by atoms with Crippen LogP contribution in [0.1, 0.15) is 11.1 Å². The van der Waals surface area contributed by atoms with Crippen LogP contribution in [0.15, 0.2) is 89.5 Å². The van der Waals surface area contributed by atoms with Crippen LogP contribution in [0.3, 0.4) is 0 Å². The first-order chi connectivity index (χ1) is 16.2. The van der Waals surface area contributed by atoms with Crippen LogP contribution in [0.5, 0.6) is 5.75 Å². The van der Waals surface area contributed by atoms with Gasteiger partial charge in [0, 0.05) is 17.7 Å². The molecule has 0 fully saturated rings. The van der Waals surface area contributed by atoms with Gasteiger partial charge < -0.3 is 4.74 Å². The Morgan fingerprint density at radius 3 is 2.26 bits per heavy atom. The van der Waals surface area contributed by atoms with Gasteiger partial charge in [-0.1, -0.05) is 36.4 Å². The molecule has 0 spiro atoms. The highest BCUT2D eigenvalue weighted by Gasteiger charge is 2.46. The Kier molecular flexibility index (Phi) is 6.13. The lowest BCUT2D eigenvalue weighted by Crippen LogP contribution is -2.25. The second kappa shape index (κ2) is 9.18. The molecule has 34 heavy (non-hydrogen) atoms. The van der Waals surface area contributed by atoms with Crippen LogP contribution < -0.4 is 9.75 Å². The summed E-state index contributed by atoms with van der Waals surface area (Å²) in [7, 11) is 0.